The molecule has 0 aliphatic heterocycles. The third-order valence-electron chi connectivity index (χ3n) is 4.32. The van der Waals surface area contributed by atoms with E-state index in [1.54, 1.807) is 25.6 Å². The number of nitrogens with one attached hydrogen (secondary N) is 1. The zero-order chi connectivity index (χ0) is 17.6. The van der Waals surface area contributed by atoms with Gasteiger partial charge in [-0.3, -0.25) is 0 Å². The largest absolute Gasteiger partial charge is 0.497 e. The SMILES string of the molecule is COc1cccc(CN(C(=O)NCC(OC)c2cccs2)C2CC2)c1. The van der Waals surface area contributed by atoms with Crippen molar-refractivity contribution in [3.8, 4) is 5.75 Å². The van der Waals surface area contributed by atoms with Gasteiger partial charge in [-0.15, -0.1) is 11.3 Å². The molecular formula is C19H24N2O3S. The van der Waals surface area contributed by atoms with E-state index in [1.807, 2.05) is 46.7 Å². The Balaban J connectivity index is 1.61. The van der Waals surface area contributed by atoms with Crippen molar-refractivity contribution >= 4 is 17.4 Å². The topological polar surface area (TPSA) is 50.8 Å². The van der Waals surface area contributed by atoms with Crippen LogP contribution in [0.25, 0.3) is 0 Å². The van der Waals surface area contributed by atoms with Gasteiger partial charge in [0.2, 0.25) is 0 Å². The van der Waals surface area contributed by atoms with E-state index in [-0.39, 0.29) is 12.1 Å². The summed E-state index contributed by atoms with van der Waals surface area (Å²) in [6.07, 6.45) is 2.02. The van der Waals surface area contributed by atoms with Crippen LogP contribution < -0.4 is 10.1 Å². The molecule has 2 aromatic rings. The lowest BCUT2D eigenvalue weighted by Crippen LogP contribution is -2.42. The lowest BCUT2D eigenvalue weighted by atomic mass is 10.2. The molecule has 1 unspecified atom stereocenters. The Morgan fingerprint density at radius 2 is 2.16 bits per heavy atom. The molecule has 1 heterocycles. The Hall–Kier alpha value is -2.05. The van der Waals surface area contributed by atoms with Crippen LogP contribution in [0.3, 0.4) is 0 Å². The highest BCUT2D eigenvalue weighted by atomic mass is 32.1. The number of urea groups is 1. The molecule has 1 aromatic heterocycles. The maximum atomic E-state index is 12.7. The number of carbonyl (C=O) groups excluding carboxylic acids is 1. The minimum Gasteiger partial charge on any atom is -0.497 e. The molecule has 1 aliphatic carbocycles. The Morgan fingerprint density at radius 3 is 2.80 bits per heavy atom. The number of rotatable bonds is 8. The number of nitrogens with zero attached hydrogens (tertiary/aromatic N) is 1. The second-order valence-corrected chi connectivity index (χ2v) is 7.12. The van der Waals surface area contributed by atoms with Crippen LogP contribution in [0.1, 0.15) is 29.4 Å². The molecular weight excluding hydrogens is 336 g/mol. The number of hydrogen-bond donors (Lipinski definition) is 1. The lowest BCUT2D eigenvalue weighted by Gasteiger charge is -2.24. The lowest BCUT2D eigenvalue weighted by molar-refractivity contribution is 0.104. The molecule has 1 fully saturated rings. The fraction of sp³-hybridized carbons (Fsp3) is 0.421. The van der Waals surface area contributed by atoms with Crippen LogP contribution in [0.15, 0.2) is 41.8 Å². The van der Waals surface area contributed by atoms with E-state index < -0.39 is 0 Å². The molecule has 1 aromatic carbocycles. The highest BCUT2D eigenvalue weighted by Gasteiger charge is 2.32. The third-order valence-corrected chi connectivity index (χ3v) is 5.28. The Kier molecular flexibility index (Phi) is 5.94. The number of thiophene rings is 1. The Labute approximate surface area is 152 Å². The summed E-state index contributed by atoms with van der Waals surface area (Å²) in [6, 6.07) is 12.2. The smallest absolute Gasteiger partial charge is 0.318 e. The summed E-state index contributed by atoms with van der Waals surface area (Å²) < 4.78 is 10.8. The van der Waals surface area contributed by atoms with Gasteiger partial charge in [-0.05, 0) is 42.0 Å². The minimum atomic E-state index is -0.109. The van der Waals surface area contributed by atoms with Crippen molar-refractivity contribution < 1.29 is 14.3 Å². The second kappa shape index (κ2) is 8.36. The zero-order valence-corrected chi connectivity index (χ0v) is 15.4. The molecule has 1 N–H and O–H groups in total. The van der Waals surface area contributed by atoms with E-state index in [2.05, 4.69) is 5.32 Å². The molecule has 2 amide bonds. The van der Waals surface area contributed by atoms with Gasteiger partial charge < -0.3 is 19.7 Å². The number of hydrogen-bond acceptors (Lipinski definition) is 4. The first-order chi connectivity index (χ1) is 12.2. The molecule has 6 heteroatoms. The van der Waals surface area contributed by atoms with Gasteiger partial charge in [0.1, 0.15) is 11.9 Å². The number of benzene rings is 1. The first-order valence-corrected chi connectivity index (χ1v) is 9.33. The third kappa shape index (κ3) is 4.74. The van der Waals surface area contributed by atoms with Crippen LogP contribution in [0.5, 0.6) is 5.75 Å². The molecule has 0 radical (unpaired) electrons. The normalized spacial score (nSPS) is 14.8. The summed E-state index contributed by atoms with van der Waals surface area (Å²) in [7, 11) is 3.32. The van der Waals surface area contributed by atoms with Crippen molar-refractivity contribution in [1.29, 1.82) is 0 Å². The summed E-state index contributed by atoms with van der Waals surface area (Å²) in [5.74, 6) is 0.811. The van der Waals surface area contributed by atoms with Gasteiger partial charge in [-0.25, -0.2) is 4.79 Å². The van der Waals surface area contributed by atoms with Gasteiger partial charge in [0, 0.05) is 24.6 Å². The Morgan fingerprint density at radius 1 is 1.32 bits per heavy atom. The maximum absolute atomic E-state index is 12.7. The van der Waals surface area contributed by atoms with Crippen LogP contribution in [0.4, 0.5) is 4.79 Å². The van der Waals surface area contributed by atoms with Gasteiger partial charge in [0.25, 0.3) is 0 Å². The van der Waals surface area contributed by atoms with Crippen molar-refractivity contribution in [2.45, 2.75) is 31.5 Å². The number of methoxy groups -OCH3 is 2. The van der Waals surface area contributed by atoms with E-state index in [1.165, 1.54) is 0 Å². The maximum Gasteiger partial charge on any atom is 0.318 e. The van der Waals surface area contributed by atoms with Crippen molar-refractivity contribution in [1.82, 2.24) is 10.2 Å². The van der Waals surface area contributed by atoms with E-state index in [0.29, 0.717) is 19.1 Å². The molecule has 1 aliphatic rings. The van der Waals surface area contributed by atoms with E-state index in [0.717, 1.165) is 29.0 Å². The van der Waals surface area contributed by atoms with E-state index in [4.69, 9.17) is 9.47 Å². The average molecular weight is 360 g/mol. The second-order valence-electron chi connectivity index (χ2n) is 6.14. The molecule has 3 rings (SSSR count). The minimum absolute atomic E-state index is 0.0380. The quantitative estimate of drug-likeness (QED) is 0.779. The Bertz CT molecular complexity index is 686. The highest BCUT2D eigenvalue weighted by Crippen LogP contribution is 2.29. The zero-order valence-electron chi connectivity index (χ0n) is 14.6. The first-order valence-electron chi connectivity index (χ1n) is 8.45. The molecule has 0 bridgehead atoms. The summed E-state index contributed by atoms with van der Waals surface area (Å²) >= 11 is 1.64. The molecule has 25 heavy (non-hydrogen) atoms. The standard InChI is InChI=1S/C19H24N2O3S/c1-23-16-6-3-5-14(11-16)13-21(15-8-9-15)19(22)20-12-17(24-2)18-7-4-10-25-18/h3-7,10-11,15,17H,8-9,12-13H2,1-2H3,(H,20,22). The predicted octanol–water partition coefficient (Wildman–Crippen LogP) is 3.82. The highest BCUT2D eigenvalue weighted by molar-refractivity contribution is 7.10. The van der Waals surface area contributed by atoms with Crippen LogP contribution >= 0.6 is 11.3 Å². The van der Waals surface area contributed by atoms with Crippen LogP contribution in [-0.2, 0) is 11.3 Å². The van der Waals surface area contributed by atoms with Crippen LogP contribution in [-0.4, -0.2) is 37.7 Å². The first kappa shape index (κ1) is 17.8. The monoisotopic (exact) mass is 360 g/mol. The number of ether oxygens (including phenoxy) is 2. The molecule has 0 spiro atoms. The van der Waals surface area contributed by atoms with Crippen molar-refractivity contribution in [2.75, 3.05) is 20.8 Å². The molecule has 1 atom stereocenters. The van der Waals surface area contributed by atoms with Gasteiger partial charge in [-0.1, -0.05) is 18.2 Å². The summed E-state index contributed by atoms with van der Waals surface area (Å²) in [5, 5.41) is 5.05. The number of amides is 2. The molecule has 134 valence electrons. The summed E-state index contributed by atoms with van der Waals surface area (Å²) in [5.41, 5.74) is 1.07. The molecule has 0 saturated heterocycles. The fourth-order valence-electron chi connectivity index (χ4n) is 2.78. The summed E-state index contributed by atoms with van der Waals surface area (Å²) in [6.45, 7) is 1.06. The fourth-order valence-corrected chi connectivity index (χ4v) is 3.58. The molecule has 5 nitrogen and oxygen atoms in total. The van der Waals surface area contributed by atoms with Crippen LogP contribution in [0, 0.1) is 0 Å². The van der Waals surface area contributed by atoms with Crippen molar-refractivity contribution in [2.24, 2.45) is 0 Å². The van der Waals surface area contributed by atoms with E-state index >= 15 is 0 Å². The van der Waals surface area contributed by atoms with Gasteiger partial charge in [0.05, 0.1) is 13.7 Å². The van der Waals surface area contributed by atoms with Crippen molar-refractivity contribution in [3.05, 3.63) is 52.2 Å². The van der Waals surface area contributed by atoms with Crippen molar-refractivity contribution in [3.63, 3.8) is 0 Å². The van der Waals surface area contributed by atoms with Gasteiger partial charge >= 0.3 is 6.03 Å². The van der Waals surface area contributed by atoms with E-state index in [9.17, 15) is 4.79 Å². The average Bonchev–Trinajstić information content (AvgIpc) is 3.34. The van der Waals surface area contributed by atoms with Gasteiger partial charge in [0.15, 0.2) is 0 Å². The number of carbonyl (C=O) groups is 1. The predicted molar refractivity (Wildman–Crippen MR) is 99.0 cm³/mol. The van der Waals surface area contributed by atoms with Crippen LogP contribution in [0.2, 0.25) is 0 Å². The van der Waals surface area contributed by atoms with Gasteiger partial charge in [-0.2, -0.15) is 0 Å². The summed E-state index contributed by atoms with van der Waals surface area (Å²) in [4.78, 5) is 15.7. The molecule has 1 saturated carbocycles.